The summed E-state index contributed by atoms with van der Waals surface area (Å²) in [6.45, 7) is 6.12. The van der Waals surface area contributed by atoms with Crippen molar-refractivity contribution in [3.8, 4) is 0 Å². The van der Waals surface area contributed by atoms with Crippen LogP contribution < -0.4 is 5.32 Å². The van der Waals surface area contributed by atoms with Gasteiger partial charge in [0.2, 0.25) is 5.91 Å². The van der Waals surface area contributed by atoms with Crippen molar-refractivity contribution in [1.29, 1.82) is 0 Å². The summed E-state index contributed by atoms with van der Waals surface area (Å²) in [5.41, 5.74) is -0.181. The van der Waals surface area contributed by atoms with Crippen molar-refractivity contribution in [1.82, 2.24) is 5.32 Å². The van der Waals surface area contributed by atoms with Gasteiger partial charge >= 0.3 is 0 Å². The van der Waals surface area contributed by atoms with Gasteiger partial charge in [-0.05, 0) is 19.8 Å². The standard InChI is InChI=1S/C10H19Br2NO/c1-4-8(5-2)9(14)13-10(3,6-11)7-12/h8H,4-7H2,1-3H3,(H,13,14). The molecule has 1 amide bonds. The minimum Gasteiger partial charge on any atom is -0.349 e. The summed E-state index contributed by atoms with van der Waals surface area (Å²) >= 11 is 6.82. The van der Waals surface area contributed by atoms with Crippen molar-refractivity contribution in [3.63, 3.8) is 0 Å². The van der Waals surface area contributed by atoms with Gasteiger partial charge in [-0.15, -0.1) is 0 Å². The molecule has 0 aromatic carbocycles. The van der Waals surface area contributed by atoms with E-state index in [1.165, 1.54) is 0 Å². The van der Waals surface area contributed by atoms with E-state index < -0.39 is 0 Å². The highest BCUT2D eigenvalue weighted by molar-refractivity contribution is 9.09. The van der Waals surface area contributed by atoms with E-state index in [4.69, 9.17) is 0 Å². The van der Waals surface area contributed by atoms with Gasteiger partial charge < -0.3 is 5.32 Å². The van der Waals surface area contributed by atoms with Crippen molar-refractivity contribution >= 4 is 37.8 Å². The van der Waals surface area contributed by atoms with Crippen LogP contribution in [-0.4, -0.2) is 22.1 Å². The van der Waals surface area contributed by atoms with Crippen LogP contribution >= 0.6 is 31.9 Å². The molecular weight excluding hydrogens is 310 g/mol. The summed E-state index contributed by atoms with van der Waals surface area (Å²) in [5, 5.41) is 4.58. The largest absolute Gasteiger partial charge is 0.349 e. The average molecular weight is 329 g/mol. The Hall–Kier alpha value is 0.430. The fourth-order valence-electron chi connectivity index (χ4n) is 1.16. The lowest BCUT2D eigenvalue weighted by molar-refractivity contribution is -0.126. The van der Waals surface area contributed by atoms with Crippen LogP contribution in [-0.2, 0) is 4.79 Å². The van der Waals surface area contributed by atoms with Gasteiger partial charge in [0.15, 0.2) is 0 Å². The zero-order chi connectivity index (χ0) is 11.2. The second kappa shape index (κ2) is 6.83. The highest BCUT2D eigenvalue weighted by Gasteiger charge is 2.26. The molecule has 0 unspecified atom stereocenters. The van der Waals surface area contributed by atoms with Crippen molar-refractivity contribution in [3.05, 3.63) is 0 Å². The minimum atomic E-state index is -0.181. The molecular formula is C10H19Br2NO. The van der Waals surface area contributed by atoms with E-state index in [2.05, 4.69) is 37.2 Å². The first-order valence-electron chi connectivity index (χ1n) is 4.97. The van der Waals surface area contributed by atoms with E-state index in [1.807, 2.05) is 20.8 Å². The molecule has 84 valence electrons. The third-order valence-electron chi connectivity index (χ3n) is 2.37. The van der Waals surface area contributed by atoms with Gasteiger partial charge in [0.05, 0.1) is 5.54 Å². The van der Waals surface area contributed by atoms with Crippen LogP contribution in [0.1, 0.15) is 33.6 Å². The predicted octanol–water partition coefficient (Wildman–Crippen LogP) is 3.09. The summed E-state index contributed by atoms with van der Waals surface area (Å²) in [6, 6.07) is 0. The fourth-order valence-corrected chi connectivity index (χ4v) is 2.37. The second-order valence-electron chi connectivity index (χ2n) is 3.83. The smallest absolute Gasteiger partial charge is 0.223 e. The number of carbonyl (C=O) groups is 1. The maximum Gasteiger partial charge on any atom is 0.223 e. The number of amides is 1. The van der Waals surface area contributed by atoms with Gasteiger partial charge in [-0.25, -0.2) is 0 Å². The SMILES string of the molecule is CCC(CC)C(=O)NC(C)(CBr)CBr. The zero-order valence-electron chi connectivity index (χ0n) is 9.07. The Morgan fingerprint density at radius 1 is 1.29 bits per heavy atom. The highest BCUT2D eigenvalue weighted by Crippen LogP contribution is 2.15. The molecule has 0 atom stereocenters. The van der Waals surface area contributed by atoms with E-state index in [9.17, 15) is 4.79 Å². The maximum absolute atomic E-state index is 11.8. The number of carbonyl (C=O) groups excluding carboxylic acids is 1. The molecule has 0 aliphatic carbocycles. The first-order chi connectivity index (χ1) is 6.52. The molecule has 0 saturated carbocycles. The van der Waals surface area contributed by atoms with Crippen molar-refractivity contribution < 1.29 is 4.79 Å². The van der Waals surface area contributed by atoms with E-state index in [0.29, 0.717) is 0 Å². The van der Waals surface area contributed by atoms with Crippen LogP contribution in [0.25, 0.3) is 0 Å². The fraction of sp³-hybridized carbons (Fsp3) is 0.900. The molecule has 0 saturated heterocycles. The summed E-state index contributed by atoms with van der Waals surface area (Å²) < 4.78 is 0. The number of rotatable bonds is 6. The monoisotopic (exact) mass is 327 g/mol. The number of hydrogen-bond acceptors (Lipinski definition) is 1. The van der Waals surface area contributed by atoms with Gasteiger partial charge in [-0.2, -0.15) is 0 Å². The molecule has 1 N–H and O–H groups in total. The molecule has 0 radical (unpaired) electrons. The normalized spacial score (nSPS) is 11.9. The highest BCUT2D eigenvalue weighted by atomic mass is 79.9. The lowest BCUT2D eigenvalue weighted by Gasteiger charge is -2.28. The van der Waals surface area contributed by atoms with Crippen molar-refractivity contribution in [2.45, 2.75) is 39.2 Å². The summed E-state index contributed by atoms with van der Waals surface area (Å²) in [7, 11) is 0. The van der Waals surface area contributed by atoms with E-state index in [-0.39, 0.29) is 17.4 Å². The van der Waals surface area contributed by atoms with Crippen LogP contribution in [0.2, 0.25) is 0 Å². The Bertz CT molecular complexity index is 177. The van der Waals surface area contributed by atoms with Gasteiger partial charge in [-0.3, -0.25) is 4.79 Å². The predicted molar refractivity (Wildman–Crippen MR) is 68.2 cm³/mol. The zero-order valence-corrected chi connectivity index (χ0v) is 12.2. The maximum atomic E-state index is 11.8. The van der Waals surface area contributed by atoms with Crippen LogP contribution in [0.4, 0.5) is 0 Å². The van der Waals surface area contributed by atoms with Gasteiger partial charge in [0.1, 0.15) is 0 Å². The number of nitrogens with one attached hydrogen (secondary N) is 1. The summed E-state index contributed by atoms with van der Waals surface area (Å²) in [5.74, 6) is 0.309. The topological polar surface area (TPSA) is 29.1 Å². The molecule has 0 aliphatic heterocycles. The minimum absolute atomic E-state index is 0.146. The summed E-state index contributed by atoms with van der Waals surface area (Å²) in [4.78, 5) is 11.8. The quantitative estimate of drug-likeness (QED) is 0.746. The van der Waals surface area contributed by atoms with Crippen molar-refractivity contribution in [2.75, 3.05) is 10.7 Å². The molecule has 0 bridgehead atoms. The Morgan fingerprint density at radius 2 is 1.71 bits per heavy atom. The van der Waals surface area contributed by atoms with Crippen LogP contribution in [0.5, 0.6) is 0 Å². The number of hydrogen-bond donors (Lipinski definition) is 1. The first-order valence-corrected chi connectivity index (χ1v) is 7.21. The Morgan fingerprint density at radius 3 is 2.00 bits per heavy atom. The summed E-state index contributed by atoms with van der Waals surface area (Å²) in [6.07, 6.45) is 1.81. The van der Waals surface area contributed by atoms with E-state index >= 15 is 0 Å². The molecule has 0 fully saturated rings. The van der Waals surface area contributed by atoms with Crippen LogP contribution in [0.15, 0.2) is 0 Å². The number of alkyl halides is 2. The van der Waals surface area contributed by atoms with Gasteiger partial charge in [0.25, 0.3) is 0 Å². The van der Waals surface area contributed by atoms with E-state index in [1.54, 1.807) is 0 Å². The third kappa shape index (κ3) is 4.30. The third-order valence-corrected chi connectivity index (χ3v) is 4.85. The molecule has 0 aromatic rings. The molecule has 14 heavy (non-hydrogen) atoms. The molecule has 0 aromatic heterocycles. The first kappa shape index (κ1) is 14.4. The Kier molecular flexibility index (Phi) is 7.04. The van der Waals surface area contributed by atoms with Crippen LogP contribution in [0, 0.1) is 5.92 Å². The average Bonchev–Trinajstić information content (AvgIpc) is 2.19. The van der Waals surface area contributed by atoms with E-state index in [0.717, 1.165) is 23.5 Å². The lowest BCUT2D eigenvalue weighted by atomic mass is 10.00. The molecule has 2 nitrogen and oxygen atoms in total. The van der Waals surface area contributed by atoms with Gasteiger partial charge in [-0.1, -0.05) is 45.7 Å². The number of halogens is 2. The Balaban J connectivity index is 4.28. The second-order valence-corrected chi connectivity index (χ2v) is 4.95. The van der Waals surface area contributed by atoms with Crippen molar-refractivity contribution in [2.24, 2.45) is 5.92 Å². The molecule has 0 aliphatic rings. The molecule has 0 heterocycles. The van der Waals surface area contributed by atoms with Crippen LogP contribution in [0.3, 0.4) is 0 Å². The molecule has 4 heteroatoms. The molecule has 0 spiro atoms. The van der Waals surface area contributed by atoms with Gasteiger partial charge in [0, 0.05) is 16.6 Å². The molecule has 0 rings (SSSR count). The lowest BCUT2D eigenvalue weighted by Crippen LogP contribution is -2.50. The Labute approximate surface area is 103 Å².